The van der Waals surface area contributed by atoms with Gasteiger partial charge in [0.1, 0.15) is 5.82 Å². The zero-order valence-electron chi connectivity index (χ0n) is 15.8. The molecule has 2 heterocycles. The highest BCUT2D eigenvalue weighted by Gasteiger charge is 2.31. The normalized spacial score (nSPS) is 21.4. The summed E-state index contributed by atoms with van der Waals surface area (Å²) in [4.78, 5) is 7.77. The lowest BCUT2D eigenvalue weighted by atomic mass is 9.90. The van der Waals surface area contributed by atoms with Crippen LogP contribution in [0.25, 0.3) is 22.2 Å². The molecule has 0 amide bonds. The molecule has 1 aliphatic heterocycles. The molecule has 5 rings (SSSR count). The second-order valence-electron chi connectivity index (χ2n) is 8.12. The Balaban J connectivity index is 1.49. The van der Waals surface area contributed by atoms with Crippen LogP contribution >= 0.6 is 0 Å². The lowest BCUT2D eigenvalue weighted by Crippen LogP contribution is -2.46. The number of rotatable bonds is 2. The zero-order valence-corrected chi connectivity index (χ0v) is 15.8. The van der Waals surface area contributed by atoms with Gasteiger partial charge < -0.3 is 4.57 Å². The minimum absolute atomic E-state index is 0.593. The van der Waals surface area contributed by atoms with E-state index in [1.807, 2.05) is 0 Å². The predicted molar refractivity (Wildman–Crippen MR) is 107 cm³/mol. The number of benzene rings is 2. The van der Waals surface area contributed by atoms with Crippen LogP contribution in [-0.4, -0.2) is 33.1 Å². The van der Waals surface area contributed by atoms with Gasteiger partial charge in [-0.15, -0.1) is 0 Å². The van der Waals surface area contributed by atoms with Gasteiger partial charge in [0.25, 0.3) is 0 Å². The minimum Gasteiger partial charge on any atom is -0.327 e. The Morgan fingerprint density at radius 1 is 0.962 bits per heavy atom. The molecule has 1 fully saturated rings. The van der Waals surface area contributed by atoms with E-state index in [1.165, 1.54) is 47.3 Å². The number of hydrogen-bond donors (Lipinski definition) is 0. The number of imidazole rings is 1. The molecule has 3 heteroatoms. The fourth-order valence-electron chi connectivity index (χ4n) is 4.59. The van der Waals surface area contributed by atoms with Crippen molar-refractivity contribution in [1.29, 1.82) is 0 Å². The Morgan fingerprint density at radius 3 is 2.46 bits per heavy atom. The summed E-state index contributed by atoms with van der Waals surface area (Å²) in [5.74, 6) is 1.26. The third-order valence-electron chi connectivity index (χ3n) is 6.38. The highest BCUT2D eigenvalue weighted by molar-refractivity contribution is 5.82. The van der Waals surface area contributed by atoms with E-state index in [-0.39, 0.29) is 0 Å². The molecule has 26 heavy (non-hydrogen) atoms. The Morgan fingerprint density at radius 2 is 1.73 bits per heavy atom. The van der Waals surface area contributed by atoms with Crippen LogP contribution in [0.2, 0.25) is 0 Å². The van der Waals surface area contributed by atoms with Crippen molar-refractivity contribution in [1.82, 2.24) is 14.5 Å². The minimum atomic E-state index is 0.593. The molecule has 134 valence electrons. The van der Waals surface area contributed by atoms with Crippen molar-refractivity contribution in [2.24, 2.45) is 0 Å². The van der Waals surface area contributed by atoms with Crippen molar-refractivity contribution < 1.29 is 0 Å². The van der Waals surface area contributed by atoms with Crippen LogP contribution in [0, 0.1) is 6.92 Å². The maximum Gasteiger partial charge on any atom is 0.111 e. The van der Waals surface area contributed by atoms with Crippen molar-refractivity contribution in [3.63, 3.8) is 0 Å². The number of aromatic nitrogens is 2. The molecule has 3 nitrogen and oxygen atoms in total. The molecule has 0 spiro atoms. The van der Waals surface area contributed by atoms with E-state index in [2.05, 4.69) is 65.8 Å². The molecule has 2 aliphatic rings. The summed E-state index contributed by atoms with van der Waals surface area (Å²) < 4.78 is 2.46. The molecule has 1 aliphatic carbocycles. The molecule has 1 unspecified atom stereocenters. The molecular formula is C23H27N3. The van der Waals surface area contributed by atoms with E-state index >= 15 is 0 Å². The van der Waals surface area contributed by atoms with Crippen LogP contribution in [0.5, 0.6) is 0 Å². The monoisotopic (exact) mass is 345 g/mol. The standard InChI is InChI=1S/C23H27N3/c1-16-6-8-18(9-7-16)19-10-11-22-21(15-19)24-23-14-17(2)25(12-13-26(22)23)20-4-3-5-20/h6-11,15,17,20H,3-5,12-14H2,1-2H3. The quantitative estimate of drug-likeness (QED) is 0.664. The maximum atomic E-state index is 5.04. The predicted octanol–water partition coefficient (Wildman–Crippen LogP) is 4.81. The highest BCUT2D eigenvalue weighted by atomic mass is 15.2. The lowest BCUT2D eigenvalue weighted by molar-refractivity contribution is 0.0893. The summed E-state index contributed by atoms with van der Waals surface area (Å²) >= 11 is 0. The first-order valence-corrected chi connectivity index (χ1v) is 10.0. The summed E-state index contributed by atoms with van der Waals surface area (Å²) in [6.07, 6.45) is 5.23. The molecule has 0 saturated heterocycles. The van der Waals surface area contributed by atoms with Gasteiger partial charge in [-0.3, -0.25) is 4.90 Å². The molecule has 0 bridgehead atoms. The van der Waals surface area contributed by atoms with Gasteiger partial charge in [-0.1, -0.05) is 42.3 Å². The van der Waals surface area contributed by atoms with Gasteiger partial charge in [-0.25, -0.2) is 4.98 Å². The molecule has 2 aromatic carbocycles. The Bertz CT molecular complexity index is 934. The summed E-state index contributed by atoms with van der Waals surface area (Å²) in [6.45, 7) is 6.74. The topological polar surface area (TPSA) is 21.1 Å². The van der Waals surface area contributed by atoms with E-state index < -0.39 is 0 Å². The van der Waals surface area contributed by atoms with Crippen LogP contribution in [0.15, 0.2) is 42.5 Å². The summed E-state index contributed by atoms with van der Waals surface area (Å²) in [7, 11) is 0. The van der Waals surface area contributed by atoms with E-state index in [0.717, 1.165) is 31.1 Å². The number of fused-ring (bicyclic) bond motifs is 3. The van der Waals surface area contributed by atoms with Crippen LogP contribution in [0.4, 0.5) is 0 Å². The number of hydrogen-bond acceptors (Lipinski definition) is 2. The SMILES string of the molecule is Cc1ccc(-c2ccc3c(c2)nc2n3CCN(C3CCC3)C(C)C2)cc1. The van der Waals surface area contributed by atoms with E-state index in [4.69, 9.17) is 4.98 Å². The number of aryl methyl sites for hydroxylation is 1. The van der Waals surface area contributed by atoms with Gasteiger partial charge in [0.05, 0.1) is 11.0 Å². The third kappa shape index (κ3) is 2.66. The van der Waals surface area contributed by atoms with Crippen molar-refractivity contribution in [2.45, 2.75) is 58.2 Å². The molecule has 3 aromatic rings. The van der Waals surface area contributed by atoms with E-state index in [0.29, 0.717) is 6.04 Å². The van der Waals surface area contributed by atoms with Crippen LogP contribution in [0.1, 0.15) is 37.6 Å². The fourth-order valence-corrected chi connectivity index (χ4v) is 4.59. The summed E-state index contributed by atoms with van der Waals surface area (Å²) in [5.41, 5.74) is 6.26. The second kappa shape index (κ2) is 6.24. The van der Waals surface area contributed by atoms with Gasteiger partial charge >= 0.3 is 0 Å². The Hall–Kier alpha value is -2.13. The van der Waals surface area contributed by atoms with Gasteiger partial charge in [0, 0.05) is 31.6 Å². The first kappa shape index (κ1) is 16.1. The van der Waals surface area contributed by atoms with Crippen molar-refractivity contribution in [3.8, 4) is 11.1 Å². The highest BCUT2D eigenvalue weighted by Crippen LogP contribution is 2.31. The van der Waals surface area contributed by atoms with E-state index in [9.17, 15) is 0 Å². The average molecular weight is 345 g/mol. The fraction of sp³-hybridized carbons (Fsp3) is 0.435. The van der Waals surface area contributed by atoms with Gasteiger partial charge in [0.15, 0.2) is 0 Å². The smallest absolute Gasteiger partial charge is 0.111 e. The molecule has 1 saturated carbocycles. The first-order chi connectivity index (χ1) is 12.7. The van der Waals surface area contributed by atoms with Crippen LogP contribution < -0.4 is 0 Å². The largest absolute Gasteiger partial charge is 0.327 e. The average Bonchev–Trinajstić information content (AvgIpc) is 2.85. The summed E-state index contributed by atoms with van der Waals surface area (Å²) in [6, 6.07) is 17.0. The van der Waals surface area contributed by atoms with Crippen molar-refractivity contribution in [2.75, 3.05) is 6.54 Å². The molecule has 1 aromatic heterocycles. The van der Waals surface area contributed by atoms with Crippen LogP contribution in [0.3, 0.4) is 0 Å². The molecule has 0 radical (unpaired) electrons. The maximum absolute atomic E-state index is 5.04. The third-order valence-corrected chi connectivity index (χ3v) is 6.38. The molecular weight excluding hydrogens is 318 g/mol. The Labute approximate surface area is 155 Å². The second-order valence-corrected chi connectivity index (χ2v) is 8.12. The van der Waals surface area contributed by atoms with Gasteiger partial charge in [0.2, 0.25) is 0 Å². The van der Waals surface area contributed by atoms with Crippen LogP contribution in [-0.2, 0) is 13.0 Å². The summed E-state index contributed by atoms with van der Waals surface area (Å²) in [5, 5.41) is 0. The zero-order chi connectivity index (χ0) is 17.7. The van der Waals surface area contributed by atoms with Crippen molar-refractivity contribution in [3.05, 3.63) is 53.9 Å². The molecule has 1 atom stereocenters. The van der Waals surface area contributed by atoms with Crippen molar-refractivity contribution >= 4 is 11.0 Å². The van der Waals surface area contributed by atoms with Gasteiger partial charge in [-0.2, -0.15) is 0 Å². The number of nitrogens with zero attached hydrogens (tertiary/aromatic N) is 3. The molecule has 0 N–H and O–H groups in total. The van der Waals surface area contributed by atoms with Gasteiger partial charge in [-0.05, 0) is 49.9 Å². The van der Waals surface area contributed by atoms with E-state index in [1.54, 1.807) is 0 Å². The lowest BCUT2D eigenvalue weighted by Gasteiger charge is -2.40. The Kier molecular flexibility index (Phi) is 3.86. The first-order valence-electron chi connectivity index (χ1n) is 10.0.